The van der Waals surface area contributed by atoms with Crippen LogP contribution >= 0.6 is 0 Å². The quantitative estimate of drug-likeness (QED) is 0.705. The van der Waals surface area contributed by atoms with Gasteiger partial charge in [0.1, 0.15) is 5.76 Å². The van der Waals surface area contributed by atoms with Gasteiger partial charge < -0.3 is 4.42 Å². The average Bonchev–Trinajstić information content (AvgIpc) is 3.10. The van der Waals surface area contributed by atoms with Gasteiger partial charge in [-0.3, -0.25) is 0 Å². The monoisotopic (exact) mass is 239 g/mol. The van der Waals surface area contributed by atoms with Gasteiger partial charge in [-0.05, 0) is 42.8 Å². The molecule has 0 N–H and O–H groups in total. The number of hydrogen-bond acceptors (Lipinski definition) is 3. The van der Waals surface area contributed by atoms with E-state index in [-0.39, 0.29) is 0 Å². The smallest absolute Gasteiger partial charge is 0.133 e. The van der Waals surface area contributed by atoms with Gasteiger partial charge in [0.2, 0.25) is 0 Å². The maximum Gasteiger partial charge on any atom is 0.133 e. The maximum atomic E-state index is 5.35. The summed E-state index contributed by atoms with van der Waals surface area (Å²) in [5, 5.41) is 8.17. The lowest BCUT2D eigenvalue weighted by molar-refractivity contribution is 0.582. The molecule has 0 amide bonds. The molecule has 4 heteroatoms. The molecule has 0 saturated carbocycles. The molecule has 3 aromatic rings. The van der Waals surface area contributed by atoms with E-state index in [1.54, 1.807) is 10.9 Å². The molecule has 0 unspecified atom stereocenters. The van der Waals surface area contributed by atoms with Crippen LogP contribution in [0.3, 0.4) is 0 Å². The third kappa shape index (κ3) is 1.93. The van der Waals surface area contributed by atoms with Gasteiger partial charge in [0.25, 0.3) is 0 Å². The van der Waals surface area contributed by atoms with Gasteiger partial charge in [-0.15, -0.1) is 5.10 Å². The third-order valence-electron chi connectivity index (χ3n) is 2.84. The average molecular weight is 239 g/mol. The summed E-state index contributed by atoms with van der Waals surface area (Å²) in [4.78, 5) is 0. The molecule has 2 aromatic heterocycles. The fourth-order valence-corrected chi connectivity index (χ4v) is 1.81. The SMILES string of the molecule is CCc1cn(-c2ccc(-c3ccco3)cc2)nn1. The van der Waals surface area contributed by atoms with Crippen molar-refractivity contribution in [3.8, 4) is 17.0 Å². The Morgan fingerprint density at radius 3 is 2.61 bits per heavy atom. The van der Waals surface area contributed by atoms with Gasteiger partial charge in [-0.2, -0.15) is 0 Å². The second-order valence-corrected chi connectivity index (χ2v) is 4.03. The molecule has 0 aliphatic rings. The topological polar surface area (TPSA) is 43.9 Å². The van der Waals surface area contributed by atoms with E-state index in [2.05, 4.69) is 17.2 Å². The Morgan fingerprint density at radius 2 is 2.00 bits per heavy atom. The zero-order valence-electron chi connectivity index (χ0n) is 10.1. The Kier molecular flexibility index (Phi) is 2.68. The minimum Gasteiger partial charge on any atom is -0.464 e. The van der Waals surface area contributed by atoms with Gasteiger partial charge in [0.15, 0.2) is 0 Å². The molecule has 18 heavy (non-hydrogen) atoms. The van der Waals surface area contributed by atoms with Crippen LogP contribution in [0.4, 0.5) is 0 Å². The highest BCUT2D eigenvalue weighted by atomic mass is 16.3. The van der Waals surface area contributed by atoms with Crippen LogP contribution in [0.5, 0.6) is 0 Å². The second-order valence-electron chi connectivity index (χ2n) is 4.03. The van der Waals surface area contributed by atoms with E-state index in [1.165, 1.54) is 0 Å². The number of rotatable bonds is 3. The van der Waals surface area contributed by atoms with E-state index in [4.69, 9.17) is 4.42 Å². The van der Waals surface area contributed by atoms with E-state index in [9.17, 15) is 0 Å². The Labute approximate surface area is 105 Å². The molecule has 0 fully saturated rings. The van der Waals surface area contributed by atoms with Crippen molar-refractivity contribution in [2.75, 3.05) is 0 Å². The summed E-state index contributed by atoms with van der Waals surface area (Å²) in [6.45, 7) is 2.06. The van der Waals surface area contributed by atoms with Gasteiger partial charge >= 0.3 is 0 Å². The van der Waals surface area contributed by atoms with Crippen LogP contribution in [0.15, 0.2) is 53.3 Å². The molecule has 0 bridgehead atoms. The van der Waals surface area contributed by atoms with Crippen molar-refractivity contribution in [2.45, 2.75) is 13.3 Å². The van der Waals surface area contributed by atoms with Crippen molar-refractivity contribution in [3.05, 3.63) is 54.6 Å². The number of aromatic nitrogens is 3. The molecule has 1 aromatic carbocycles. The zero-order chi connectivity index (χ0) is 12.4. The zero-order valence-corrected chi connectivity index (χ0v) is 10.1. The molecule has 0 aliphatic carbocycles. The molecule has 0 spiro atoms. The van der Waals surface area contributed by atoms with Crippen LogP contribution in [0.1, 0.15) is 12.6 Å². The number of nitrogens with zero attached hydrogens (tertiary/aromatic N) is 3. The number of benzene rings is 1. The summed E-state index contributed by atoms with van der Waals surface area (Å²) in [7, 11) is 0. The van der Waals surface area contributed by atoms with Gasteiger partial charge in [-0.1, -0.05) is 12.1 Å². The first kappa shape index (κ1) is 10.8. The summed E-state index contributed by atoms with van der Waals surface area (Å²) in [6.07, 6.45) is 4.51. The Balaban J connectivity index is 1.91. The van der Waals surface area contributed by atoms with Crippen molar-refractivity contribution < 1.29 is 4.42 Å². The maximum absolute atomic E-state index is 5.35. The Bertz CT molecular complexity index is 623. The van der Waals surface area contributed by atoms with Gasteiger partial charge in [-0.25, -0.2) is 4.68 Å². The second kappa shape index (κ2) is 4.49. The number of aryl methyl sites for hydroxylation is 1. The first-order valence-corrected chi connectivity index (χ1v) is 5.92. The highest BCUT2D eigenvalue weighted by Crippen LogP contribution is 2.21. The van der Waals surface area contributed by atoms with Crippen molar-refractivity contribution in [3.63, 3.8) is 0 Å². The molecule has 2 heterocycles. The van der Waals surface area contributed by atoms with E-state index in [1.807, 2.05) is 42.6 Å². The van der Waals surface area contributed by atoms with E-state index < -0.39 is 0 Å². The van der Waals surface area contributed by atoms with E-state index in [0.29, 0.717) is 0 Å². The highest BCUT2D eigenvalue weighted by Gasteiger charge is 2.03. The summed E-state index contributed by atoms with van der Waals surface area (Å²) < 4.78 is 7.13. The van der Waals surface area contributed by atoms with Crippen molar-refractivity contribution in [1.29, 1.82) is 0 Å². The Morgan fingerprint density at radius 1 is 1.17 bits per heavy atom. The van der Waals surface area contributed by atoms with E-state index in [0.717, 1.165) is 29.1 Å². The van der Waals surface area contributed by atoms with Crippen molar-refractivity contribution >= 4 is 0 Å². The number of hydrogen-bond donors (Lipinski definition) is 0. The summed E-state index contributed by atoms with van der Waals surface area (Å²) >= 11 is 0. The van der Waals surface area contributed by atoms with Crippen LogP contribution in [0.25, 0.3) is 17.0 Å². The van der Waals surface area contributed by atoms with E-state index >= 15 is 0 Å². The lowest BCUT2D eigenvalue weighted by atomic mass is 10.1. The molecular weight excluding hydrogens is 226 g/mol. The molecule has 90 valence electrons. The molecule has 0 atom stereocenters. The van der Waals surface area contributed by atoms with Crippen LogP contribution < -0.4 is 0 Å². The standard InChI is InChI=1S/C14H13N3O/c1-2-12-10-17(16-15-12)13-7-5-11(6-8-13)14-4-3-9-18-14/h3-10H,2H2,1H3. The normalized spacial score (nSPS) is 10.7. The lowest BCUT2D eigenvalue weighted by Gasteiger charge is -2.01. The van der Waals surface area contributed by atoms with Crippen molar-refractivity contribution in [1.82, 2.24) is 15.0 Å². The predicted molar refractivity (Wildman–Crippen MR) is 68.4 cm³/mol. The summed E-state index contributed by atoms with van der Waals surface area (Å²) in [6, 6.07) is 11.9. The van der Waals surface area contributed by atoms with Crippen LogP contribution in [-0.2, 0) is 6.42 Å². The fourth-order valence-electron chi connectivity index (χ4n) is 1.81. The molecule has 0 aliphatic heterocycles. The molecular formula is C14H13N3O. The molecule has 0 saturated heterocycles. The predicted octanol–water partition coefficient (Wildman–Crippen LogP) is 3.09. The minimum atomic E-state index is 0.870. The Hall–Kier alpha value is -2.36. The largest absolute Gasteiger partial charge is 0.464 e. The summed E-state index contributed by atoms with van der Waals surface area (Å²) in [5.41, 5.74) is 3.04. The summed E-state index contributed by atoms with van der Waals surface area (Å²) in [5.74, 6) is 0.870. The fraction of sp³-hybridized carbons (Fsp3) is 0.143. The van der Waals surface area contributed by atoms with Crippen LogP contribution in [-0.4, -0.2) is 15.0 Å². The molecule has 0 radical (unpaired) electrons. The molecule has 3 rings (SSSR count). The molecule has 4 nitrogen and oxygen atoms in total. The highest BCUT2D eigenvalue weighted by molar-refractivity contribution is 5.58. The van der Waals surface area contributed by atoms with Gasteiger partial charge in [0.05, 0.1) is 23.8 Å². The van der Waals surface area contributed by atoms with Crippen LogP contribution in [0, 0.1) is 0 Å². The minimum absolute atomic E-state index is 0.870. The third-order valence-corrected chi connectivity index (χ3v) is 2.84. The first-order chi connectivity index (χ1) is 8.86. The number of furan rings is 1. The van der Waals surface area contributed by atoms with Crippen LogP contribution in [0.2, 0.25) is 0 Å². The van der Waals surface area contributed by atoms with Gasteiger partial charge in [0, 0.05) is 5.56 Å². The first-order valence-electron chi connectivity index (χ1n) is 5.92. The van der Waals surface area contributed by atoms with Crippen molar-refractivity contribution in [2.24, 2.45) is 0 Å². The lowest BCUT2D eigenvalue weighted by Crippen LogP contribution is -1.94.